The summed E-state index contributed by atoms with van der Waals surface area (Å²) in [6.07, 6.45) is -5.57. The van der Waals surface area contributed by atoms with Crippen molar-refractivity contribution in [2.75, 3.05) is 20.8 Å². The molecular formula is C12H14F3NO3. The molecule has 1 aromatic carbocycles. The lowest BCUT2D eigenvalue weighted by Gasteiger charge is -2.19. The van der Waals surface area contributed by atoms with E-state index in [1.165, 1.54) is 14.2 Å². The van der Waals surface area contributed by atoms with Crippen LogP contribution in [0.1, 0.15) is 5.56 Å². The minimum Gasteiger partial charge on any atom is -0.496 e. The predicted molar refractivity (Wildman–Crippen MR) is 61.9 cm³/mol. The number of carbonyl (C=O) groups is 1. The number of ether oxygens (including phenoxy) is 2. The second kappa shape index (κ2) is 6.31. The van der Waals surface area contributed by atoms with Gasteiger partial charge in [-0.25, -0.2) is 4.79 Å². The molecule has 0 saturated carbocycles. The van der Waals surface area contributed by atoms with Crippen LogP contribution in [0.3, 0.4) is 0 Å². The maximum Gasteiger partial charge on any atom is 0.422 e. The van der Waals surface area contributed by atoms with E-state index in [0.717, 1.165) is 4.90 Å². The van der Waals surface area contributed by atoms with Gasteiger partial charge in [-0.1, -0.05) is 18.2 Å². The molecule has 0 heterocycles. The van der Waals surface area contributed by atoms with Gasteiger partial charge in [-0.3, -0.25) is 0 Å². The summed E-state index contributed by atoms with van der Waals surface area (Å²) in [6.45, 7) is -1.50. The summed E-state index contributed by atoms with van der Waals surface area (Å²) in [5.41, 5.74) is 0.677. The van der Waals surface area contributed by atoms with Crippen LogP contribution >= 0.6 is 0 Å². The number of para-hydroxylation sites is 1. The third-order valence-corrected chi connectivity index (χ3v) is 2.27. The molecule has 0 aliphatic rings. The largest absolute Gasteiger partial charge is 0.496 e. The van der Waals surface area contributed by atoms with Crippen molar-refractivity contribution >= 4 is 6.09 Å². The molecule has 0 spiro atoms. The number of rotatable bonds is 4. The number of hydrogen-bond donors (Lipinski definition) is 0. The smallest absolute Gasteiger partial charge is 0.422 e. The van der Waals surface area contributed by atoms with Gasteiger partial charge in [-0.05, 0) is 6.07 Å². The Morgan fingerprint density at radius 1 is 1.32 bits per heavy atom. The third kappa shape index (κ3) is 5.07. The van der Waals surface area contributed by atoms with Crippen LogP contribution in [0.5, 0.6) is 5.75 Å². The highest BCUT2D eigenvalue weighted by atomic mass is 19.4. The van der Waals surface area contributed by atoms with Gasteiger partial charge in [0.15, 0.2) is 6.61 Å². The number of hydrogen-bond acceptors (Lipinski definition) is 3. The van der Waals surface area contributed by atoms with Crippen molar-refractivity contribution < 1.29 is 27.4 Å². The molecule has 0 aromatic heterocycles. The van der Waals surface area contributed by atoms with E-state index in [1.54, 1.807) is 24.3 Å². The van der Waals surface area contributed by atoms with Crippen LogP contribution in [0.25, 0.3) is 0 Å². The van der Waals surface area contributed by atoms with E-state index in [9.17, 15) is 18.0 Å². The summed E-state index contributed by atoms with van der Waals surface area (Å²) in [4.78, 5) is 12.4. The fourth-order valence-corrected chi connectivity index (χ4v) is 1.41. The molecule has 4 nitrogen and oxygen atoms in total. The Hall–Kier alpha value is -1.92. The van der Waals surface area contributed by atoms with Crippen LogP contribution in [0, 0.1) is 0 Å². The first-order chi connectivity index (χ1) is 8.83. The Morgan fingerprint density at radius 2 is 1.95 bits per heavy atom. The van der Waals surface area contributed by atoms with Crippen LogP contribution in [0.4, 0.5) is 18.0 Å². The monoisotopic (exact) mass is 277 g/mol. The molecule has 0 N–H and O–H groups in total. The Morgan fingerprint density at radius 3 is 2.53 bits per heavy atom. The van der Waals surface area contributed by atoms with Gasteiger partial charge in [-0.2, -0.15) is 13.2 Å². The van der Waals surface area contributed by atoms with Crippen molar-refractivity contribution in [1.82, 2.24) is 4.90 Å². The van der Waals surface area contributed by atoms with E-state index in [2.05, 4.69) is 4.74 Å². The van der Waals surface area contributed by atoms with Gasteiger partial charge in [-0.15, -0.1) is 0 Å². The topological polar surface area (TPSA) is 38.8 Å². The Kier molecular flexibility index (Phi) is 5.02. The molecule has 0 bridgehead atoms. The minimum atomic E-state index is -4.53. The van der Waals surface area contributed by atoms with E-state index in [4.69, 9.17) is 4.74 Å². The van der Waals surface area contributed by atoms with Crippen molar-refractivity contribution in [2.45, 2.75) is 12.7 Å². The van der Waals surface area contributed by atoms with E-state index in [0.29, 0.717) is 11.3 Å². The average molecular weight is 277 g/mol. The first-order valence-corrected chi connectivity index (χ1v) is 5.40. The molecule has 1 amide bonds. The Balaban J connectivity index is 2.59. The van der Waals surface area contributed by atoms with Crippen LogP contribution < -0.4 is 4.74 Å². The Labute approximate surface area is 108 Å². The van der Waals surface area contributed by atoms with Crippen LogP contribution in [0.2, 0.25) is 0 Å². The van der Waals surface area contributed by atoms with Crippen LogP contribution in [-0.4, -0.2) is 37.9 Å². The first-order valence-electron chi connectivity index (χ1n) is 5.40. The van der Waals surface area contributed by atoms with Gasteiger partial charge in [0.1, 0.15) is 5.75 Å². The zero-order chi connectivity index (χ0) is 14.5. The molecule has 0 atom stereocenters. The van der Waals surface area contributed by atoms with Crippen molar-refractivity contribution in [3.05, 3.63) is 29.8 Å². The number of methoxy groups -OCH3 is 1. The number of alkyl halides is 3. The van der Waals surface area contributed by atoms with Crippen LogP contribution in [-0.2, 0) is 11.3 Å². The second-order valence-electron chi connectivity index (χ2n) is 3.84. The van der Waals surface area contributed by atoms with Crippen LogP contribution in [0.15, 0.2) is 24.3 Å². The summed E-state index contributed by atoms with van der Waals surface area (Å²) in [7, 11) is 2.83. The van der Waals surface area contributed by atoms with Crippen molar-refractivity contribution in [1.29, 1.82) is 0 Å². The lowest BCUT2D eigenvalue weighted by atomic mass is 10.2. The molecule has 0 unspecified atom stereocenters. The average Bonchev–Trinajstić information content (AvgIpc) is 2.35. The first kappa shape index (κ1) is 15.1. The van der Waals surface area contributed by atoms with E-state index in [1.807, 2.05) is 0 Å². The van der Waals surface area contributed by atoms with E-state index < -0.39 is 18.9 Å². The highest BCUT2D eigenvalue weighted by molar-refractivity contribution is 5.67. The number of nitrogens with zero attached hydrogens (tertiary/aromatic N) is 1. The normalized spacial score (nSPS) is 11.0. The number of carbonyl (C=O) groups excluding carboxylic acids is 1. The SMILES string of the molecule is COc1ccccc1CN(C)C(=O)OCC(F)(F)F. The van der Waals surface area contributed by atoms with E-state index in [-0.39, 0.29) is 6.54 Å². The van der Waals surface area contributed by atoms with Gasteiger partial charge in [0.2, 0.25) is 0 Å². The standard InChI is InChI=1S/C12H14F3NO3/c1-16(11(17)19-8-12(13,14)15)7-9-5-3-4-6-10(9)18-2/h3-6H,7-8H2,1-2H3. The predicted octanol–water partition coefficient (Wildman–Crippen LogP) is 2.83. The summed E-state index contributed by atoms with van der Waals surface area (Å²) >= 11 is 0. The molecule has 106 valence electrons. The molecule has 0 aliphatic heterocycles. The molecule has 0 saturated heterocycles. The molecule has 0 fully saturated rings. The van der Waals surface area contributed by atoms with E-state index >= 15 is 0 Å². The quantitative estimate of drug-likeness (QED) is 0.849. The van der Waals surface area contributed by atoms with Gasteiger partial charge < -0.3 is 14.4 Å². The second-order valence-corrected chi connectivity index (χ2v) is 3.84. The molecule has 19 heavy (non-hydrogen) atoms. The fourth-order valence-electron chi connectivity index (χ4n) is 1.41. The maximum absolute atomic E-state index is 11.9. The zero-order valence-electron chi connectivity index (χ0n) is 10.5. The Bertz CT molecular complexity index is 434. The number of amides is 1. The highest BCUT2D eigenvalue weighted by Crippen LogP contribution is 2.19. The van der Waals surface area contributed by atoms with Crippen molar-refractivity contribution in [3.8, 4) is 5.75 Å². The minimum absolute atomic E-state index is 0.0979. The maximum atomic E-state index is 11.9. The fraction of sp³-hybridized carbons (Fsp3) is 0.417. The molecule has 7 heteroatoms. The van der Waals surface area contributed by atoms with Gasteiger partial charge in [0.25, 0.3) is 0 Å². The van der Waals surface area contributed by atoms with Crippen molar-refractivity contribution in [3.63, 3.8) is 0 Å². The summed E-state index contributed by atoms with van der Waals surface area (Å²) in [6, 6.07) is 6.91. The van der Waals surface area contributed by atoms with Crippen molar-refractivity contribution in [2.24, 2.45) is 0 Å². The molecule has 1 rings (SSSR count). The molecule has 1 aromatic rings. The summed E-state index contributed by atoms with van der Waals surface area (Å²) < 4.78 is 44.9. The number of benzene rings is 1. The molecule has 0 radical (unpaired) electrons. The van der Waals surface area contributed by atoms with Gasteiger partial charge in [0, 0.05) is 12.6 Å². The molecular weight excluding hydrogens is 263 g/mol. The lowest BCUT2D eigenvalue weighted by molar-refractivity contribution is -0.162. The number of halogens is 3. The highest BCUT2D eigenvalue weighted by Gasteiger charge is 2.30. The molecule has 0 aliphatic carbocycles. The van der Waals surface area contributed by atoms with Gasteiger partial charge in [0.05, 0.1) is 13.7 Å². The zero-order valence-corrected chi connectivity index (χ0v) is 10.5. The third-order valence-electron chi connectivity index (χ3n) is 2.27. The summed E-state index contributed by atoms with van der Waals surface area (Å²) in [5, 5.41) is 0. The summed E-state index contributed by atoms with van der Waals surface area (Å²) in [5.74, 6) is 0.554. The van der Waals surface area contributed by atoms with Gasteiger partial charge >= 0.3 is 12.3 Å². The lowest BCUT2D eigenvalue weighted by Crippen LogP contribution is -2.30.